The van der Waals surface area contributed by atoms with Crippen molar-refractivity contribution >= 4 is 23.4 Å². The molecule has 0 atom stereocenters. The number of hydrogen-bond acceptors (Lipinski definition) is 4. The number of amides is 1. The zero-order valence-electron chi connectivity index (χ0n) is 16.1. The van der Waals surface area contributed by atoms with Crippen molar-refractivity contribution in [2.75, 3.05) is 11.1 Å². The normalized spacial score (nSPS) is 11.5. The lowest BCUT2D eigenvalue weighted by Gasteiger charge is -2.11. The van der Waals surface area contributed by atoms with Gasteiger partial charge in [-0.3, -0.25) is 9.59 Å². The van der Waals surface area contributed by atoms with E-state index in [1.807, 2.05) is 0 Å². The second-order valence-electron chi connectivity index (χ2n) is 6.50. The third kappa shape index (κ3) is 6.23. The molecule has 3 rings (SSSR count). The largest absolute Gasteiger partial charge is 0.573 e. The quantitative estimate of drug-likeness (QED) is 0.458. The first-order valence-electron chi connectivity index (χ1n) is 9.09. The number of nitrogen functional groups attached to an aromatic ring is 1. The van der Waals surface area contributed by atoms with Gasteiger partial charge in [-0.05, 0) is 48.0 Å². The molecule has 0 radical (unpaired) electrons. The van der Waals surface area contributed by atoms with Crippen molar-refractivity contribution in [2.45, 2.75) is 12.9 Å². The molecule has 0 aliphatic carbocycles. The summed E-state index contributed by atoms with van der Waals surface area (Å²) in [5.41, 5.74) is 6.90. The monoisotopic (exact) mass is 429 g/mol. The van der Waals surface area contributed by atoms with Gasteiger partial charge in [-0.1, -0.05) is 24.3 Å². The first-order valence-corrected chi connectivity index (χ1v) is 9.09. The van der Waals surface area contributed by atoms with Gasteiger partial charge in [-0.2, -0.15) is 0 Å². The van der Waals surface area contributed by atoms with Crippen LogP contribution in [0.15, 0.2) is 77.7 Å². The maximum Gasteiger partial charge on any atom is 0.573 e. The lowest BCUT2D eigenvalue weighted by atomic mass is 10.2. The van der Waals surface area contributed by atoms with E-state index < -0.39 is 17.8 Å². The Morgan fingerprint density at radius 1 is 1.10 bits per heavy atom. The van der Waals surface area contributed by atoms with E-state index in [2.05, 4.69) is 10.1 Å². The molecule has 3 N–H and O–H groups in total. The third-order valence-electron chi connectivity index (χ3n) is 4.17. The molecule has 6 nitrogen and oxygen atoms in total. The average molecular weight is 429 g/mol. The number of para-hydroxylation sites is 2. The predicted molar refractivity (Wildman–Crippen MR) is 111 cm³/mol. The van der Waals surface area contributed by atoms with Crippen LogP contribution in [-0.4, -0.2) is 16.8 Å². The number of alkyl halides is 3. The Balaban J connectivity index is 1.74. The number of halogens is 3. The van der Waals surface area contributed by atoms with Gasteiger partial charge in [-0.15, -0.1) is 13.2 Å². The summed E-state index contributed by atoms with van der Waals surface area (Å²) in [4.78, 5) is 24.8. The fraction of sp³-hybridized carbons (Fsp3) is 0.0909. The summed E-state index contributed by atoms with van der Waals surface area (Å²) in [5.74, 6) is -0.837. The number of aromatic nitrogens is 1. The van der Waals surface area contributed by atoms with E-state index in [4.69, 9.17) is 5.73 Å². The van der Waals surface area contributed by atoms with Gasteiger partial charge in [0, 0.05) is 17.8 Å². The molecular formula is C22H18F3N3O3. The van der Waals surface area contributed by atoms with E-state index in [-0.39, 0.29) is 17.9 Å². The van der Waals surface area contributed by atoms with Crippen molar-refractivity contribution in [3.63, 3.8) is 0 Å². The number of nitrogens with zero attached hydrogens (tertiary/aromatic N) is 1. The molecule has 0 fully saturated rings. The van der Waals surface area contributed by atoms with Crippen molar-refractivity contribution in [1.82, 2.24) is 4.57 Å². The molecule has 0 saturated heterocycles. The number of carbonyl (C=O) groups excluding carboxylic acids is 1. The second kappa shape index (κ2) is 9.21. The van der Waals surface area contributed by atoms with Crippen molar-refractivity contribution < 1.29 is 22.7 Å². The van der Waals surface area contributed by atoms with Gasteiger partial charge in [0.05, 0.1) is 17.9 Å². The van der Waals surface area contributed by atoms with E-state index in [0.29, 0.717) is 16.9 Å². The number of carbonyl (C=O) groups is 1. The van der Waals surface area contributed by atoms with E-state index in [0.717, 1.165) is 0 Å². The van der Waals surface area contributed by atoms with E-state index in [1.165, 1.54) is 47.2 Å². The van der Waals surface area contributed by atoms with Gasteiger partial charge in [0.25, 0.3) is 5.56 Å². The smallest absolute Gasteiger partial charge is 0.406 e. The molecule has 0 saturated carbocycles. The molecule has 160 valence electrons. The molecule has 0 aliphatic rings. The first kappa shape index (κ1) is 21.7. The highest BCUT2D eigenvalue weighted by atomic mass is 19.4. The molecule has 0 bridgehead atoms. The van der Waals surface area contributed by atoms with Crippen LogP contribution in [0.2, 0.25) is 0 Å². The minimum absolute atomic E-state index is 0.0301. The van der Waals surface area contributed by atoms with Crippen molar-refractivity contribution in [2.24, 2.45) is 0 Å². The lowest BCUT2D eigenvalue weighted by Crippen LogP contribution is -2.22. The number of pyridine rings is 1. The fourth-order valence-corrected chi connectivity index (χ4v) is 2.80. The summed E-state index contributed by atoms with van der Waals surface area (Å²) in [7, 11) is 0. The van der Waals surface area contributed by atoms with Crippen molar-refractivity contribution in [3.05, 3.63) is 94.4 Å². The molecule has 2 aromatic carbocycles. The topological polar surface area (TPSA) is 86.3 Å². The molecule has 0 aliphatic heterocycles. The van der Waals surface area contributed by atoms with Crippen LogP contribution in [0.1, 0.15) is 11.1 Å². The lowest BCUT2D eigenvalue weighted by molar-refractivity contribution is -0.274. The Bertz CT molecular complexity index is 1170. The highest BCUT2D eigenvalue weighted by Crippen LogP contribution is 2.23. The zero-order chi connectivity index (χ0) is 22.4. The van der Waals surface area contributed by atoms with Crippen LogP contribution in [0.3, 0.4) is 0 Å². The molecule has 0 unspecified atom stereocenters. The third-order valence-corrected chi connectivity index (χ3v) is 4.17. The molecule has 3 aromatic rings. The standard InChI is InChI=1S/C22H18F3N3O3/c23-22(24,25)31-17-7-3-5-15(13-17)14-28-12-4-6-16(21(28)30)10-11-20(29)27-19-9-2-1-8-18(19)26/h1-13H,14,26H2,(H,27,29)/b11-10+. The Hall–Kier alpha value is -4.01. The van der Waals surface area contributed by atoms with Crippen LogP contribution in [-0.2, 0) is 11.3 Å². The van der Waals surface area contributed by atoms with E-state index >= 15 is 0 Å². The minimum atomic E-state index is -4.80. The summed E-state index contributed by atoms with van der Waals surface area (Å²) in [6, 6.07) is 15.3. The van der Waals surface area contributed by atoms with Crippen LogP contribution < -0.4 is 21.3 Å². The van der Waals surface area contributed by atoms with Gasteiger partial charge >= 0.3 is 6.36 Å². The number of rotatable bonds is 6. The molecule has 9 heteroatoms. The molecule has 1 amide bonds. The number of anilines is 2. The van der Waals surface area contributed by atoms with Crippen LogP contribution >= 0.6 is 0 Å². The summed E-state index contributed by atoms with van der Waals surface area (Å²) < 4.78 is 42.4. The van der Waals surface area contributed by atoms with E-state index in [1.54, 1.807) is 36.4 Å². The van der Waals surface area contributed by atoms with Gasteiger partial charge in [0.15, 0.2) is 0 Å². The predicted octanol–water partition coefficient (Wildman–Crippen LogP) is 4.03. The van der Waals surface area contributed by atoms with Gasteiger partial charge in [0.1, 0.15) is 5.75 Å². The van der Waals surface area contributed by atoms with Gasteiger partial charge in [0.2, 0.25) is 5.91 Å². The highest BCUT2D eigenvalue weighted by molar-refractivity contribution is 6.03. The Morgan fingerprint density at radius 3 is 2.61 bits per heavy atom. The average Bonchev–Trinajstić information content (AvgIpc) is 2.69. The minimum Gasteiger partial charge on any atom is -0.406 e. The van der Waals surface area contributed by atoms with Crippen LogP contribution in [0.5, 0.6) is 5.75 Å². The highest BCUT2D eigenvalue weighted by Gasteiger charge is 2.31. The molecule has 1 heterocycles. The number of benzene rings is 2. The molecular weight excluding hydrogens is 411 g/mol. The van der Waals surface area contributed by atoms with Crippen LogP contribution in [0.25, 0.3) is 6.08 Å². The Morgan fingerprint density at radius 2 is 1.87 bits per heavy atom. The van der Waals surface area contributed by atoms with Gasteiger partial charge in [-0.25, -0.2) is 0 Å². The first-order chi connectivity index (χ1) is 14.7. The second-order valence-corrected chi connectivity index (χ2v) is 6.50. The molecule has 1 aromatic heterocycles. The van der Waals surface area contributed by atoms with Crippen molar-refractivity contribution in [1.29, 1.82) is 0 Å². The Labute approximate surface area is 175 Å². The molecule has 0 spiro atoms. The number of nitrogens with one attached hydrogen (secondary N) is 1. The zero-order valence-corrected chi connectivity index (χ0v) is 16.1. The maximum absolute atomic E-state index is 12.7. The number of ether oxygens (including phenoxy) is 1. The SMILES string of the molecule is Nc1ccccc1NC(=O)/C=C/c1cccn(Cc2cccc(OC(F)(F)F)c2)c1=O. The summed E-state index contributed by atoms with van der Waals surface area (Å²) in [5, 5.41) is 2.61. The number of hydrogen-bond donors (Lipinski definition) is 2. The van der Waals surface area contributed by atoms with Gasteiger partial charge < -0.3 is 20.4 Å². The summed E-state index contributed by atoms with van der Waals surface area (Å²) in [6.45, 7) is 0.0301. The maximum atomic E-state index is 12.7. The summed E-state index contributed by atoms with van der Waals surface area (Å²) >= 11 is 0. The summed E-state index contributed by atoms with van der Waals surface area (Å²) in [6.07, 6.45) is -0.741. The number of nitrogens with two attached hydrogens (primary N) is 1. The Kier molecular flexibility index (Phi) is 6.44. The fourth-order valence-electron chi connectivity index (χ4n) is 2.80. The van der Waals surface area contributed by atoms with Crippen molar-refractivity contribution in [3.8, 4) is 5.75 Å². The molecule has 31 heavy (non-hydrogen) atoms. The van der Waals surface area contributed by atoms with E-state index in [9.17, 15) is 22.8 Å². The van der Waals surface area contributed by atoms with Crippen LogP contribution in [0, 0.1) is 0 Å². The van der Waals surface area contributed by atoms with Crippen LogP contribution in [0.4, 0.5) is 24.5 Å².